The molecule has 0 spiro atoms. The van der Waals surface area contributed by atoms with Crippen LogP contribution in [0, 0.1) is 0 Å². The van der Waals surface area contributed by atoms with E-state index in [1.165, 1.54) is 11.3 Å². The van der Waals surface area contributed by atoms with Gasteiger partial charge in [-0.3, -0.25) is 4.99 Å². The number of benzene rings is 2. The van der Waals surface area contributed by atoms with Gasteiger partial charge < -0.3 is 20.3 Å². The van der Waals surface area contributed by atoms with Gasteiger partial charge in [0.25, 0.3) is 0 Å². The van der Waals surface area contributed by atoms with E-state index < -0.39 is 0 Å². The summed E-state index contributed by atoms with van der Waals surface area (Å²) in [6.07, 6.45) is 1.28. The van der Waals surface area contributed by atoms with Crippen molar-refractivity contribution in [2.75, 3.05) is 25.0 Å². The minimum absolute atomic E-state index is 0.178. The maximum absolute atomic E-state index is 5.77. The Morgan fingerprint density at radius 1 is 1.19 bits per heavy atom. The van der Waals surface area contributed by atoms with Crippen molar-refractivity contribution in [3.63, 3.8) is 0 Å². The Morgan fingerprint density at radius 2 is 2.00 bits per heavy atom. The van der Waals surface area contributed by atoms with Gasteiger partial charge in [-0.05, 0) is 50.1 Å². The zero-order valence-corrected chi connectivity index (χ0v) is 16.5. The predicted octanol–water partition coefficient (Wildman–Crippen LogP) is 3.42. The number of hydrogen-bond acceptors (Lipinski definition) is 3. The van der Waals surface area contributed by atoms with E-state index in [0.29, 0.717) is 12.6 Å². The zero-order valence-electron chi connectivity index (χ0n) is 16.5. The Balaban J connectivity index is 1.50. The van der Waals surface area contributed by atoms with Crippen LogP contribution in [0.25, 0.3) is 0 Å². The Kier molecular flexibility index (Phi) is 6.58. The predicted molar refractivity (Wildman–Crippen MR) is 113 cm³/mol. The van der Waals surface area contributed by atoms with E-state index in [9.17, 15) is 0 Å². The normalized spacial score (nSPS) is 17.3. The number of guanidine groups is 1. The van der Waals surface area contributed by atoms with Crippen molar-refractivity contribution < 1.29 is 4.74 Å². The monoisotopic (exact) mass is 366 g/mol. The van der Waals surface area contributed by atoms with E-state index in [1.807, 2.05) is 33.0 Å². The molecule has 1 atom stereocenters. The van der Waals surface area contributed by atoms with Gasteiger partial charge in [-0.2, -0.15) is 0 Å². The van der Waals surface area contributed by atoms with Crippen molar-refractivity contribution >= 4 is 11.6 Å². The Morgan fingerprint density at radius 3 is 2.74 bits per heavy atom. The van der Waals surface area contributed by atoms with E-state index in [1.54, 1.807) is 0 Å². The van der Waals surface area contributed by atoms with Crippen LogP contribution in [0.15, 0.2) is 59.6 Å². The SMILES string of the molecule is CN=C(NCc1cccc(OC(C)C)c1)NC1CCN(c2ccccc2)C1. The molecule has 1 saturated heterocycles. The lowest BCUT2D eigenvalue weighted by atomic mass is 10.2. The van der Waals surface area contributed by atoms with Crippen LogP contribution in [-0.4, -0.2) is 38.2 Å². The molecule has 144 valence electrons. The first kappa shape index (κ1) is 19.1. The summed E-state index contributed by atoms with van der Waals surface area (Å²) in [5, 5.41) is 6.96. The highest BCUT2D eigenvalue weighted by atomic mass is 16.5. The average molecular weight is 367 g/mol. The molecule has 0 aromatic heterocycles. The third-order valence-electron chi connectivity index (χ3n) is 4.60. The van der Waals surface area contributed by atoms with Gasteiger partial charge in [0.15, 0.2) is 5.96 Å². The van der Waals surface area contributed by atoms with Gasteiger partial charge >= 0.3 is 0 Å². The molecular formula is C22H30N4O. The fourth-order valence-corrected chi connectivity index (χ4v) is 3.33. The second-order valence-electron chi connectivity index (χ2n) is 7.15. The number of ether oxygens (including phenoxy) is 1. The highest BCUT2D eigenvalue weighted by Gasteiger charge is 2.23. The van der Waals surface area contributed by atoms with E-state index in [0.717, 1.165) is 31.2 Å². The highest BCUT2D eigenvalue weighted by Crippen LogP contribution is 2.19. The maximum Gasteiger partial charge on any atom is 0.191 e. The van der Waals surface area contributed by atoms with E-state index in [2.05, 4.69) is 63.0 Å². The second kappa shape index (κ2) is 9.31. The lowest BCUT2D eigenvalue weighted by Gasteiger charge is -2.20. The molecule has 0 amide bonds. The number of rotatable bonds is 6. The van der Waals surface area contributed by atoms with Crippen LogP contribution in [0.2, 0.25) is 0 Å². The molecule has 0 bridgehead atoms. The molecule has 2 N–H and O–H groups in total. The maximum atomic E-state index is 5.77. The summed E-state index contributed by atoms with van der Waals surface area (Å²) in [5.41, 5.74) is 2.46. The summed E-state index contributed by atoms with van der Waals surface area (Å²) in [6.45, 7) is 6.84. The average Bonchev–Trinajstić information content (AvgIpc) is 3.14. The molecule has 1 unspecified atom stereocenters. The first-order valence-corrected chi connectivity index (χ1v) is 9.67. The van der Waals surface area contributed by atoms with Crippen molar-refractivity contribution in [1.82, 2.24) is 10.6 Å². The quantitative estimate of drug-likeness (QED) is 0.608. The second-order valence-corrected chi connectivity index (χ2v) is 7.15. The summed E-state index contributed by atoms with van der Waals surface area (Å²) in [6, 6.07) is 19.2. The summed E-state index contributed by atoms with van der Waals surface area (Å²) in [5.74, 6) is 1.74. The molecule has 1 aliphatic rings. The van der Waals surface area contributed by atoms with E-state index in [-0.39, 0.29) is 6.10 Å². The molecular weight excluding hydrogens is 336 g/mol. The summed E-state index contributed by atoms with van der Waals surface area (Å²) in [4.78, 5) is 6.79. The lowest BCUT2D eigenvalue weighted by Crippen LogP contribution is -2.44. The summed E-state index contributed by atoms with van der Waals surface area (Å²) in [7, 11) is 1.82. The van der Waals surface area contributed by atoms with Crippen LogP contribution in [0.5, 0.6) is 5.75 Å². The summed E-state index contributed by atoms with van der Waals surface area (Å²) < 4.78 is 5.77. The van der Waals surface area contributed by atoms with E-state index in [4.69, 9.17) is 4.74 Å². The molecule has 5 nitrogen and oxygen atoms in total. The van der Waals surface area contributed by atoms with Gasteiger partial charge in [0.2, 0.25) is 0 Å². The fraction of sp³-hybridized carbons (Fsp3) is 0.409. The number of anilines is 1. The molecule has 1 fully saturated rings. The molecule has 2 aromatic carbocycles. The van der Waals surface area contributed by atoms with Crippen molar-refractivity contribution in [3.05, 3.63) is 60.2 Å². The van der Waals surface area contributed by atoms with Crippen LogP contribution in [0.1, 0.15) is 25.8 Å². The number of hydrogen-bond donors (Lipinski definition) is 2. The van der Waals surface area contributed by atoms with Crippen LogP contribution >= 0.6 is 0 Å². The topological polar surface area (TPSA) is 48.9 Å². The molecule has 1 heterocycles. The highest BCUT2D eigenvalue weighted by molar-refractivity contribution is 5.80. The standard InChI is InChI=1S/C22H30N4O/c1-17(2)27-21-11-7-8-18(14-21)15-24-22(23-3)25-19-12-13-26(16-19)20-9-5-4-6-10-20/h4-11,14,17,19H,12-13,15-16H2,1-3H3,(H2,23,24,25). The summed E-state index contributed by atoms with van der Waals surface area (Å²) >= 11 is 0. The number of aliphatic imine (C=N–C) groups is 1. The van der Waals surface area contributed by atoms with Crippen molar-refractivity contribution in [1.29, 1.82) is 0 Å². The lowest BCUT2D eigenvalue weighted by molar-refractivity contribution is 0.242. The molecule has 0 aliphatic carbocycles. The zero-order chi connectivity index (χ0) is 19.1. The van der Waals surface area contributed by atoms with Gasteiger partial charge in [-0.1, -0.05) is 30.3 Å². The number of para-hydroxylation sites is 1. The molecule has 0 radical (unpaired) electrons. The minimum atomic E-state index is 0.178. The van der Waals surface area contributed by atoms with Crippen molar-refractivity contribution in [3.8, 4) is 5.75 Å². The first-order valence-electron chi connectivity index (χ1n) is 9.67. The molecule has 0 saturated carbocycles. The van der Waals surface area contributed by atoms with E-state index >= 15 is 0 Å². The number of nitrogens with one attached hydrogen (secondary N) is 2. The van der Waals surface area contributed by atoms with Crippen LogP contribution in [-0.2, 0) is 6.54 Å². The van der Waals surface area contributed by atoms with Gasteiger partial charge in [0.1, 0.15) is 5.75 Å². The molecule has 1 aliphatic heterocycles. The first-order chi connectivity index (χ1) is 13.1. The third-order valence-corrected chi connectivity index (χ3v) is 4.60. The van der Waals surface area contributed by atoms with Crippen LogP contribution < -0.4 is 20.3 Å². The van der Waals surface area contributed by atoms with Crippen molar-refractivity contribution in [2.24, 2.45) is 4.99 Å². The van der Waals surface area contributed by atoms with Crippen molar-refractivity contribution in [2.45, 2.75) is 39.0 Å². The van der Waals surface area contributed by atoms with Gasteiger partial charge in [0.05, 0.1) is 6.10 Å². The van der Waals surface area contributed by atoms with Gasteiger partial charge in [-0.25, -0.2) is 0 Å². The Labute approximate surface area is 162 Å². The molecule has 3 rings (SSSR count). The minimum Gasteiger partial charge on any atom is -0.491 e. The van der Waals surface area contributed by atoms with Gasteiger partial charge in [-0.15, -0.1) is 0 Å². The van der Waals surface area contributed by atoms with Gasteiger partial charge in [0, 0.05) is 38.4 Å². The molecule has 2 aromatic rings. The Bertz CT molecular complexity index is 745. The third kappa shape index (κ3) is 5.64. The molecule has 5 heteroatoms. The Hall–Kier alpha value is -2.69. The smallest absolute Gasteiger partial charge is 0.191 e. The largest absolute Gasteiger partial charge is 0.491 e. The fourth-order valence-electron chi connectivity index (χ4n) is 3.33. The van der Waals surface area contributed by atoms with Crippen LogP contribution in [0.3, 0.4) is 0 Å². The molecule has 27 heavy (non-hydrogen) atoms. The van der Waals surface area contributed by atoms with Crippen LogP contribution in [0.4, 0.5) is 5.69 Å². The number of nitrogens with zero attached hydrogens (tertiary/aromatic N) is 2.